The molecule has 13 heavy (non-hydrogen) atoms. The minimum absolute atomic E-state index is 0.546. The van der Waals surface area contributed by atoms with E-state index in [2.05, 4.69) is 10.1 Å². The number of hydrogen-bond donors (Lipinski definition) is 1. The Balaban J connectivity index is 2.19. The Morgan fingerprint density at radius 1 is 1.31 bits per heavy atom. The molecule has 0 amide bonds. The van der Waals surface area contributed by atoms with Gasteiger partial charge in [-0.25, -0.2) is 4.98 Å². The van der Waals surface area contributed by atoms with Crippen molar-refractivity contribution in [2.45, 2.75) is 6.54 Å². The fraction of sp³-hybridized carbons (Fsp3) is 0.111. The van der Waals surface area contributed by atoms with Gasteiger partial charge >= 0.3 is 0 Å². The molecular formula is C9H10N4. The van der Waals surface area contributed by atoms with Crippen LogP contribution in [0.4, 0.5) is 5.82 Å². The van der Waals surface area contributed by atoms with E-state index in [1.54, 1.807) is 12.3 Å². The summed E-state index contributed by atoms with van der Waals surface area (Å²) in [5, 5.41) is 4.08. The average molecular weight is 174 g/mol. The zero-order valence-corrected chi connectivity index (χ0v) is 7.09. The summed E-state index contributed by atoms with van der Waals surface area (Å²) < 4.78 is 1.81. The second-order valence-corrected chi connectivity index (χ2v) is 2.76. The standard InChI is InChI=1S/C9H10N4/c10-9-4-1-3-8(12-9)7-13-6-2-5-11-13/h1-6H,7H2,(H2,10,12). The van der Waals surface area contributed by atoms with Crippen molar-refractivity contribution in [3.05, 3.63) is 42.4 Å². The van der Waals surface area contributed by atoms with Crippen molar-refractivity contribution in [3.63, 3.8) is 0 Å². The number of nitrogens with two attached hydrogens (primary N) is 1. The topological polar surface area (TPSA) is 56.7 Å². The molecule has 0 spiro atoms. The van der Waals surface area contributed by atoms with Gasteiger partial charge in [-0.2, -0.15) is 5.10 Å². The molecule has 0 saturated heterocycles. The smallest absolute Gasteiger partial charge is 0.123 e. The monoisotopic (exact) mass is 174 g/mol. The van der Waals surface area contributed by atoms with Crippen LogP contribution in [0.1, 0.15) is 5.69 Å². The van der Waals surface area contributed by atoms with E-state index in [0.29, 0.717) is 12.4 Å². The number of nitrogen functional groups attached to an aromatic ring is 1. The molecule has 0 aliphatic rings. The predicted octanol–water partition coefficient (Wildman–Crippen LogP) is 0.909. The molecule has 0 saturated carbocycles. The van der Waals surface area contributed by atoms with Crippen molar-refractivity contribution < 1.29 is 0 Å². The maximum absolute atomic E-state index is 5.55. The molecule has 0 aliphatic carbocycles. The van der Waals surface area contributed by atoms with Crippen LogP contribution in [0.2, 0.25) is 0 Å². The largest absolute Gasteiger partial charge is 0.384 e. The van der Waals surface area contributed by atoms with E-state index >= 15 is 0 Å². The zero-order valence-electron chi connectivity index (χ0n) is 7.09. The third-order valence-corrected chi connectivity index (χ3v) is 1.71. The minimum Gasteiger partial charge on any atom is -0.384 e. The van der Waals surface area contributed by atoms with Gasteiger partial charge in [-0.05, 0) is 18.2 Å². The summed E-state index contributed by atoms with van der Waals surface area (Å²) in [5.74, 6) is 0.546. The summed E-state index contributed by atoms with van der Waals surface area (Å²) in [7, 11) is 0. The summed E-state index contributed by atoms with van der Waals surface area (Å²) in [5.41, 5.74) is 6.47. The molecule has 2 aromatic heterocycles. The highest BCUT2D eigenvalue weighted by atomic mass is 15.3. The van der Waals surface area contributed by atoms with Gasteiger partial charge in [0.15, 0.2) is 0 Å². The molecule has 0 atom stereocenters. The second kappa shape index (κ2) is 3.26. The molecule has 4 nitrogen and oxygen atoms in total. The Morgan fingerprint density at radius 3 is 2.92 bits per heavy atom. The van der Waals surface area contributed by atoms with Gasteiger partial charge in [-0.15, -0.1) is 0 Å². The molecule has 0 aliphatic heterocycles. The van der Waals surface area contributed by atoms with E-state index in [0.717, 1.165) is 5.69 Å². The summed E-state index contributed by atoms with van der Waals surface area (Å²) in [6, 6.07) is 7.47. The number of aromatic nitrogens is 3. The SMILES string of the molecule is Nc1cccc(Cn2cccn2)n1. The van der Waals surface area contributed by atoms with Crippen molar-refractivity contribution in [1.82, 2.24) is 14.8 Å². The normalized spacial score (nSPS) is 10.2. The first-order chi connectivity index (χ1) is 6.34. The van der Waals surface area contributed by atoms with Crippen LogP contribution in [0.5, 0.6) is 0 Å². The van der Waals surface area contributed by atoms with Crippen LogP contribution in [-0.4, -0.2) is 14.8 Å². The van der Waals surface area contributed by atoms with Crippen molar-refractivity contribution in [2.24, 2.45) is 0 Å². The van der Waals surface area contributed by atoms with E-state index in [4.69, 9.17) is 5.73 Å². The molecule has 66 valence electrons. The first kappa shape index (κ1) is 7.79. The van der Waals surface area contributed by atoms with Gasteiger partial charge < -0.3 is 5.73 Å². The molecule has 0 aromatic carbocycles. The van der Waals surface area contributed by atoms with E-state index < -0.39 is 0 Å². The molecule has 4 heteroatoms. The second-order valence-electron chi connectivity index (χ2n) is 2.76. The molecule has 2 aromatic rings. The Bertz CT molecular complexity index is 380. The number of pyridine rings is 1. The lowest BCUT2D eigenvalue weighted by molar-refractivity contribution is 0.673. The maximum Gasteiger partial charge on any atom is 0.123 e. The van der Waals surface area contributed by atoms with Gasteiger partial charge in [0.1, 0.15) is 5.82 Å². The van der Waals surface area contributed by atoms with Gasteiger partial charge in [-0.3, -0.25) is 4.68 Å². The van der Waals surface area contributed by atoms with Crippen LogP contribution in [0.25, 0.3) is 0 Å². The third kappa shape index (κ3) is 1.84. The summed E-state index contributed by atoms with van der Waals surface area (Å²) in [4.78, 5) is 4.16. The van der Waals surface area contributed by atoms with Crippen LogP contribution < -0.4 is 5.73 Å². The first-order valence-corrected chi connectivity index (χ1v) is 4.03. The molecule has 0 bridgehead atoms. The Kier molecular flexibility index (Phi) is 1.96. The van der Waals surface area contributed by atoms with Gasteiger partial charge in [-0.1, -0.05) is 6.07 Å². The van der Waals surface area contributed by atoms with Crippen LogP contribution in [0.3, 0.4) is 0 Å². The molecule has 0 unspecified atom stereocenters. The number of anilines is 1. The van der Waals surface area contributed by atoms with E-state index in [1.807, 2.05) is 29.1 Å². The lowest BCUT2D eigenvalue weighted by Crippen LogP contribution is -2.03. The van der Waals surface area contributed by atoms with Gasteiger partial charge in [0, 0.05) is 12.4 Å². The highest BCUT2D eigenvalue weighted by molar-refractivity contribution is 5.28. The van der Waals surface area contributed by atoms with Crippen molar-refractivity contribution in [2.75, 3.05) is 5.73 Å². The highest BCUT2D eigenvalue weighted by Gasteiger charge is 1.95. The number of rotatable bonds is 2. The number of hydrogen-bond acceptors (Lipinski definition) is 3. The third-order valence-electron chi connectivity index (χ3n) is 1.71. The molecule has 0 radical (unpaired) electrons. The van der Waals surface area contributed by atoms with Gasteiger partial charge in [0.05, 0.1) is 12.2 Å². The lowest BCUT2D eigenvalue weighted by atomic mass is 10.3. The van der Waals surface area contributed by atoms with Crippen LogP contribution in [0.15, 0.2) is 36.7 Å². The van der Waals surface area contributed by atoms with E-state index in [-0.39, 0.29) is 0 Å². The molecular weight excluding hydrogens is 164 g/mol. The van der Waals surface area contributed by atoms with Gasteiger partial charge in [0.25, 0.3) is 0 Å². The fourth-order valence-electron chi connectivity index (χ4n) is 1.15. The quantitative estimate of drug-likeness (QED) is 0.736. The summed E-state index contributed by atoms with van der Waals surface area (Å²) in [6.45, 7) is 0.665. The Morgan fingerprint density at radius 2 is 2.23 bits per heavy atom. The maximum atomic E-state index is 5.55. The Labute approximate surface area is 76.0 Å². The van der Waals surface area contributed by atoms with Crippen LogP contribution >= 0.6 is 0 Å². The Hall–Kier alpha value is -1.84. The fourth-order valence-corrected chi connectivity index (χ4v) is 1.15. The molecule has 2 heterocycles. The average Bonchev–Trinajstić information content (AvgIpc) is 2.57. The van der Waals surface area contributed by atoms with E-state index in [9.17, 15) is 0 Å². The first-order valence-electron chi connectivity index (χ1n) is 4.03. The lowest BCUT2D eigenvalue weighted by Gasteiger charge is -2.01. The van der Waals surface area contributed by atoms with Crippen molar-refractivity contribution in [1.29, 1.82) is 0 Å². The summed E-state index contributed by atoms with van der Waals surface area (Å²) >= 11 is 0. The molecule has 0 fully saturated rings. The summed E-state index contributed by atoms with van der Waals surface area (Å²) in [6.07, 6.45) is 3.64. The van der Waals surface area contributed by atoms with E-state index in [1.165, 1.54) is 0 Å². The predicted molar refractivity (Wildman–Crippen MR) is 50.0 cm³/mol. The molecule has 2 rings (SSSR count). The van der Waals surface area contributed by atoms with Crippen molar-refractivity contribution >= 4 is 5.82 Å². The van der Waals surface area contributed by atoms with Gasteiger partial charge in [0.2, 0.25) is 0 Å². The highest BCUT2D eigenvalue weighted by Crippen LogP contribution is 2.01. The number of nitrogens with zero attached hydrogens (tertiary/aromatic N) is 3. The van der Waals surface area contributed by atoms with Crippen LogP contribution in [-0.2, 0) is 6.54 Å². The minimum atomic E-state index is 0.546. The van der Waals surface area contributed by atoms with Crippen molar-refractivity contribution in [3.8, 4) is 0 Å². The molecule has 2 N–H and O–H groups in total. The zero-order chi connectivity index (χ0) is 9.10. The van der Waals surface area contributed by atoms with Crippen LogP contribution in [0, 0.1) is 0 Å².